The predicted molar refractivity (Wildman–Crippen MR) is 131 cm³/mol. The highest BCUT2D eigenvalue weighted by Gasteiger charge is 2.13. The average molecular weight is 466 g/mol. The Kier molecular flexibility index (Phi) is 8.61. The van der Waals surface area contributed by atoms with E-state index in [1.54, 1.807) is 30.3 Å². The van der Waals surface area contributed by atoms with Crippen LogP contribution < -0.4 is 15.5 Å². The molecular weight excluding hydrogens is 434 g/mol. The molecule has 1 aromatic carbocycles. The predicted octanol–water partition coefficient (Wildman–Crippen LogP) is 2.27. The fourth-order valence-corrected chi connectivity index (χ4v) is 3.80. The molecule has 0 aliphatic carbocycles. The maximum absolute atomic E-state index is 12.6. The third kappa shape index (κ3) is 7.11. The fraction of sp³-hybridized carbons (Fsp3) is 0.400. The number of allylic oxidation sites excluding steroid dienone is 1. The van der Waals surface area contributed by atoms with E-state index in [9.17, 15) is 9.59 Å². The van der Waals surface area contributed by atoms with Gasteiger partial charge >= 0.3 is 6.03 Å². The fourth-order valence-electron chi connectivity index (χ4n) is 3.80. The Morgan fingerprint density at radius 1 is 0.941 bits per heavy atom. The lowest BCUT2D eigenvalue weighted by atomic mass is 10.1. The molecule has 2 aliphatic heterocycles. The summed E-state index contributed by atoms with van der Waals surface area (Å²) in [5.41, 5.74) is 1.90. The summed E-state index contributed by atoms with van der Waals surface area (Å²) in [6.45, 7) is 7.63. The number of ether oxygens (including phenoxy) is 2. The first-order chi connectivity index (χ1) is 16.7. The summed E-state index contributed by atoms with van der Waals surface area (Å²) in [4.78, 5) is 33.7. The van der Waals surface area contributed by atoms with Crippen LogP contribution in [0.25, 0.3) is 6.08 Å². The zero-order chi connectivity index (χ0) is 23.6. The number of ketones is 1. The third-order valence-corrected chi connectivity index (χ3v) is 5.74. The van der Waals surface area contributed by atoms with E-state index in [1.807, 2.05) is 18.2 Å². The van der Waals surface area contributed by atoms with Crippen LogP contribution in [-0.2, 0) is 9.47 Å². The molecule has 2 aliphatic rings. The molecule has 0 saturated carbocycles. The average Bonchev–Trinajstić information content (AvgIpc) is 2.89. The zero-order valence-electron chi connectivity index (χ0n) is 19.2. The molecule has 1 aromatic heterocycles. The van der Waals surface area contributed by atoms with Crippen LogP contribution in [0.15, 0.2) is 48.5 Å². The van der Waals surface area contributed by atoms with Crippen molar-refractivity contribution in [2.75, 3.05) is 75.9 Å². The van der Waals surface area contributed by atoms with Crippen molar-refractivity contribution < 1.29 is 19.1 Å². The second-order valence-corrected chi connectivity index (χ2v) is 8.13. The maximum atomic E-state index is 12.6. The normalized spacial score (nSPS) is 17.0. The Bertz CT molecular complexity index is 983. The number of carbonyl (C=O) groups excluding carboxylic acids is 2. The Morgan fingerprint density at radius 3 is 2.38 bits per heavy atom. The van der Waals surface area contributed by atoms with Gasteiger partial charge in [-0.25, -0.2) is 9.78 Å². The van der Waals surface area contributed by atoms with Gasteiger partial charge in [-0.3, -0.25) is 9.69 Å². The van der Waals surface area contributed by atoms with Gasteiger partial charge in [-0.15, -0.1) is 0 Å². The number of hydrogen-bond acceptors (Lipinski definition) is 7. The second-order valence-electron chi connectivity index (χ2n) is 8.13. The number of urea groups is 1. The van der Waals surface area contributed by atoms with Crippen molar-refractivity contribution in [1.29, 1.82) is 0 Å². The molecule has 9 heteroatoms. The molecule has 2 amide bonds. The number of nitrogens with zero attached hydrogens (tertiary/aromatic N) is 3. The van der Waals surface area contributed by atoms with Crippen molar-refractivity contribution in [2.24, 2.45) is 0 Å². The first kappa shape index (κ1) is 23.9. The van der Waals surface area contributed by atoms with Crippen LogP contribution >= 0.6 is 0 Å². The molecule has 0 unspecified atom stereocenters. The van der Waals surface area contributed by atoms with Gasteiger partial charge in [0.25, 0.3) is 0 Å². The van der Waals surface area contributed by atoms with Crippen molar-refractivity contribution in [3.63, 3.8) is 0 Å². The van der Waals surface area contributed by atoms with Gasteiger partial charge in [0.05, 0.1) is 32.1 Å². The van der Waals surface area contributed by atoms with E-state index >= 15 is 0 Å². The van der Waals surface area contributed by atoms with Crippen molar-refractivity contribution in [3.05, 3.63) is 59.8 Å². The van der Waals surface area contributed by atoms with Crippen LogP contribution in [0.5, 0.6) is 0 Å². The molecule has 3 heterocycles. The van der Waals surface area contributed by atoms with Crippen LogP contribution in [0.2, 0.25) is 0 Å². The van der Waals surface area contributed by atoms with Gasteiger partial charge in [-0.1, -0.05) is 6.07 Å². The van der Waals surface area contributed by atoms with Gasteiger partial charge in [0, 0.05) is 50.5 Å². The number of carbonyl (C=O) groups is 2. The molecular formula is C25H31N5O4. The number of aromatic nitrogens is 1. The van der Waals surface area contributed by atoms with Crippen LogP contribution in [0, 0.1) is 0 Å². The lowest BCUT2D eigenvalue weighted by molar-refractivity contribution is 0.0388. The van der Waals surface area contributed by atoms with E-state index in [2.05, 4.69) is 25.4 Å². The smallest absolute Gasteiger partial charge is 0.319 e. The summed E-state index contributed by atoms with van der Waals surface area (Å²) in [5.74, 6) is 0.761. The summed E-state index contributed by atoms with van der Waals surface area (Å²) in [6, 6.07) is 12.4. The van der Waals surface area contributed by atoms with E-state index < -0.39 is 0 Å². The second kappa shape index (κ2) is 12.3. The Morgan fingerprint density at radius 2 is 1.65 bits per heavy atom. The SMILES string of the molecule is O=C(NCCN1CCOCC1)Nc1ccc(C(=O)C=Cc2cccc(N3CCOCC3)n2)cc1. The topological polar surface area (TPSA) is 96.0 Å². The number of rotatable bonds is 8. The van der Waals surface area contributed by atoms with E-state index in [4.69, 9.17) is 9.47 Å². The molecule has 0 atom stereocenters. The van der Waals surface area contributed by atoms with Gasteiger partial charge in [-0.05, 0) is 48.6 Å². The molecule has 34 heavy (non-hydrogen) atoms. The summed E-state index contributed by atoms with van der Waals surface area (Å²) in [7, 11) is 0. The zero-order valence-corrected chi connectivity index (χ0v) is 19.2. The van der Waals surface area contributed by atoms with Crippen molar-refractivity contribution in [3.8, 4) is 0 Å². The number of morpholine rings is 2. The number of benzene rings is 1. The molecule has 0 bridgehead atoms. The van der Waals surface area contributed by atoms with E-state index in [0.717, 1.165) is 57.4 Å². The largest absolute Gasteiger partial charge is 0.379 e. The first-order valence-corrected chi connectivity index (χ1v) is 11.6. The minimum atomic E-state index is -0.265. The minimum Gasteiger partial charge on any atom is -0.379 e. The van der Waals surface area contributed by atoms with Crippen molar-refractivity contribution in [2.45, 2.75) is 0 Å². The Hall–Kier alpha value is -3.27. The summed E-state index contributed by atoms with van der Waals surface area (Å²) in [5, 5.41) is 5.65. The number of amides is 2. The summed E-state index contributed by atoms with van der Waals surface area (Å²) < 4.78 is 10.7. The van der Waals surface area contributed by atoms with Gasteiger partial charge in [0.2, 0.25) is 0 Å². The quantitative estimate of drug-likeness (QED) is 0.456. The Balaban J connectivity index is 1.25. The number of pyridine rings is 1. The van der Waals surface area contributed by atoms with Crippen LogP contribution in [0.1, 0.15) is 16.1 Å². The van der Waals surface area contributed by atoms with Crippen LogP contribution in [0.4, 0.5) is 16.3 Å². The van der Waals surface area contributed by atoms with Crippen LogP contribution in [-0.4, -0.2) is 87.4 Å². The Labute approximate surface area is 199 Å². The summed E-state index contributed by atoms with van der Waals surface area (Å²) in [6.07, 6.45) is 3.24. The minimum absolute atomic E-state index is 0.125. The van der Waals surface area contributed by atoms with Crippen molar-refractivity contribution >= 4 is 29.4 Å². The molecule has 2 saturated heterocycles. The molecule has 2 N–H and O–H groups in total. The highest BCUT2D eigenvalue weighted by molar-refractivity contribution is 6.07. The van der Waals surface area contributed by atoms with Gasteiger partial charge in [0.15, 0.2) is 5.78 Å². The highest BCUT2D eigenvalue weighted by atomic mass is 16.5. The summed E-state index contributed by atoms with van der Waals surface area (Å²) >= 11 is 0. The van der Waals surface area contributed by atoms with Crippen molar-refractivity contribution in [1.82, 2.24) is 15.2 Å². The van der Waals surface area contributed by atoms with Crippen LogP contribution in [0.3, 0.4) is 0 Å². The molecule has 2 fully saturated rings. The molecule has 180 valence electrons. The first-order valence-electron chi connectivity index (χ1n) is 11.6. The molecule has 9 nitrogen and oxygen atoms in total. The number of nitrogens with one attached hydrogen (secondary N) is 2. The van der Waals surface area contributed by atoms with Gasteiger partial charge in [0.1, 0.15) is 5.82 Å². The standard InChI is InChI=1S/C25H31N5O4/c31-23(9-8-21-2-1-3-24(27-21)30-14-18-34-19-15-30)20-4-6-22(7-5-20)28-25(32)26-10-11-29-12-16-33-17-13-29/h1-9H,10-19H2,(H2,26,28,32). The third-order valence-electron chi connectivity index (χ3n) is 5.74. The van der Waals surface area contributed by atoms with E-state index in [-0.39, 0.29) is 11.8 Å². The highest BCUT2D eigenvalue weighted by Crippen LogP contribution is 2.15. The molecule has 4 rings (SSSR count). The molecule has 0 spiro atoms. The number of anilines is 2. The maximum Gasteiger partial charge on any atom is 0.319 e. The lowest BCUT2D eigenvalue weighted by Gasteiger charge is -2.27. The lowest BCUT2D eigenvalue weighted by Crippen LogP contribution is -2.42. The van der Waals surface area contributed by atoms with Gasteiger partial charge in [-0.2, -0.15) is 0 Å². The monoisotopic (exact) mass is 465 g/mol. The van der Waals surface area contributed by atoms with Gasteiger partial charge < -0.3 is 25.0 Å². The van der Waals surface area contributed by atoms with E-state index in [1.165, 1.54) is 6.08 Å². The molecule has 2 aromatic rings. The van der Waals surface area contributed by atoms with E-state index in [0.29, 0.717) is 31.0 Å². The number of hydrogen-bond donors (Lipinski definition) is 2. The molecule has 0 radical (unpaired) electrons.